The molecule has 122 valence electrons. The maximum absolute atomic E-state index is 10.7. The lowest BCUT2D eigenvalue weighted by Crippen LogP contribution is -1.99. The van der Waals surface area contributed by atoms with Gasteiger partial charge in [-0.3, -0.25) is 4.79 Å². The van der Waals surface area contributed by atoms with Crippen molar-refractivity contribution in [1.29, 1.82) is 0 Å². The minimum atomic E-state index is -0.881. The molecule has 1 N–H and O–H groups in total. The maximum atomic E-state index is 10.7. The van der Waals surface area contributed by atoms with Gasteiger partial charge in [-0.1, -0.05) is 6.07 Å². The van der Waals surface area contributed by atoms with Crippen molar-refractivity contribution in [2.24, 2.45) is 0 Å². The number of benzene rings is 2. The summed E-state index contributed by atoms with van der Waals surface area (Å²) in [6, 6.07) is 14.9. The van der Waals surface area contributed by atoms with Crippen molar-refractivity contribution in [3.63, 3.8) is 0 Å². The summed E-state index contributed by atoms with van der Waals surface area (Å²) < 4.78 is 11.0. The molecule has 0 aliphatic heterocycles. The van der Waals surface area contributed by atoms with Gasteiger partial charge in [-0.05, 0) is 36.4 Å². The van der Waals surface area contributed by atoms with Gasteiger partial charge in [0.25, 0.3) is 0 Å². The Morgan fingerprint density at radius 1 is 1.12 bits per heavy atom. The van der Waals surface area contributed by atoms with Crippen molar-refractivity contribution >= 4 is 17.3 Å². The quantitative estimate of drug-likeness (QED) is 0.726. The van der Waals surface area contributed by atoms with Crippen molar-refractivity contribution in [3.05, 3.63) is 59.6 Å². The number of aromatic nitrogens is 1. The van der Waals surface area contributed by atoms with Crippen molar-refractivity contribution in [2.75, 3.05) is 7.11 Å². The first-order valence-corrected chi connectivity index (χ1v) is 8.10. The molecule has 6 heteroatoms. The van der Waals surface area contributed by atoms with Gasteiger partial charge >= 0.3 is 5.97 Å². The first-order chi connectivity index (χ1) is 11.6. The third-order valence-corrected chi connectivity index (χ3v) is 4.20. The number of ether oxygens (including phenoxy) is 2. The summed E-state index contributed by atoms with van der Waals surface area (Å²) in [5.41, 5.74) is 1.49. The Morgan fingerprint density at radius 2 is 1.88 bits per heavy atom. The molecule has 0 unspecified atom stereocenters. The number of methoxy groups -OCH3 is 1. The summed E-state index contributed by atoms with van der Waals surface area (Å²) in [6.45, 7) is 0. The summed E-state index contributed by atoms with van der Waals surface area (Å²) in [4.78, 5) is 15.1. The molecule has 24 heavy (non-hydrogen) atoms. The topological polar surface area (TPSA) is 68.7 Å². The van der Waals surface area contributed by atoms with Crippen molar-refractivity contribution < 1.29 is 19.4 Å². The van der Waals surface area contributed by atoms with Gasteiger partial charge in [-0.15, -0.1) is 11.3 Å². The molecule has 5 nitrogen and oxygen atoms in total. The molecule has 0 aliphatic carbocycles. The third-order valence-electron chi connectivity index (χ3n) is 3.26. The minimum Gasteiger partial charge on any atom is -0.497 e. The van der Waals surface area contributed by atoms with Crippen LogP contribution in [-0.4, -0.2) is 23.2 Å². The van der Waals surface area contributed by atoms with Crippen LogP contribution in [0.1, 0.15) is 5.69 Å². The zero-order chi connectivity index (χ0) is 16.9. The summed E-state index contributed by atoms with van der Waals surface area (Å²) in [6.07, 6.45) is -0.0620. The number of hydrogen-bond acceptors (Lipinski definition) is 5. The van der Waals surface area contributed by atoms with Crippen LogP contribution in [0.15, 0.2) is 53.9 Å². The third kappa shape index (κ3) is 3.91. The molecule has 0 saturated carbocycles. The van der Waals surface area contributed by atoms with E-state index >= 15 is 0 Å². The summed E-state index contributed by atoms with van der Waals surface area (Å²) in [5, 5.41) is 11.4. The average Bonchev–Trinajstić information content (AvgIpc) is 3.03. The van der Waals surface area contributed by atoms with E-state index in [1.165, 1.54) is 11.3 Å². The summed E-state index contributed by atoms with van der Waals surface area (Å²) >= 11 is 1.43. The van der Waals surface area contributed by atoms with E-state index in [0.717, 1.165) is 16.3 Å². The lowest BCUT2D eigenvalue weighted by Gasteiger charge is -2.07. The summed E-state index contributed by atoms with van der Waals surface area (Å²) in [7, 11) is 1.61. The number of carboxylic acids is 1. The second-order valence-electron chi connectivity index (χ2n) is 5.02. The highest BCUT2D eigenvalue weighted by molar-refractivity contribution is 7.13. The molecule has 3 aromatic rings. The van der Waals surface area contributed by atoms with Crippen LogP contribution in [0.25, 0.3) is 10.6 Å². The van der Waals surface area contributed by atoms with Crippen LogP contribution in [0.3, 0.4) is 0 Å². The van der Waals surface area contributed by atoms with Crippen LogP contribution in [0.2, 0.25) is 0 Å². The number of thiazole rings is 1. The lowest BCUT2D eigenvalue weighted by atomic mass is 10.2. The molecule has 3 rings (SSSR count). The SMILES string of the molecule is COc1cccc(Oc2ccc(-c3nc(CC(=O)O)cs3)cc2)c1. The Labute approximate surface area is 143 Å². The van der Waals surface area contributed by atoms with Crippen LogP contribution in [-0.2, 0) is 11.2 Å². The van der Waals surface area contributed by atoms with Gasteiger partial charge in [0.15, 0.2) is 0 Å². The molecular formula is C18H15NO4S. The highest BCUT2D eigenvalue weighted by atomic mass is 32.1. The van der Waals surface area contributed by atoms with Crippen LogP contribution >= 0.6 is 11.3 Å². The van der Waals surface area contributed by atoms with Gasteiger partial charge in [-0.2, -0.15) is 0 Å². The fourth-order valence-electron chi connectivity index (χ4n) is 2.14. The van der Waals surface area contributed by atoms with Gasteiger partial charge < -0.3 is 14.6 Å². The predicted molar refractivity (Wildman–Crippen MR) is 92.0 cm³/mol. The molecule has 0 atom stereocenters. The van der Waals surface area contributed by atoms with Gasteiger partial charge in [0.1, 0.15) is 22.3 Å². The van der Waals surface area contributed by atoms with Crippen LogP contribution in [0.4, 0.5) is 0 Å². The predicted octanol–water partition coefficient (Wildman–Crippen LogP) is 4.24. The van der Waals surface area contributed by atoms with E-state index in [2.05, 4.69) is 4.98 Å². The number of carboxylic acid groups (broad SMARTS) is 1. The Bertz CT molecular complexity index is 842. The van der Waals surface area contributed by atoms with E-state index in [4.69, 9.17) is 14.6 Å². The fraction of sp³-hybridized carbons (Fsp3) is 0.111. The van der Waals surface area contributed by atoms with Crippen molar-refractivity contribution in [2.45, 2.75) is 6.42 Å². The highest BCUT2D eigenvalue weighted by Crippen LogP contribution is 2.29. The van der Waals surface area contributed by atoms with Crippen LogP contribution in [0, 0.1) is 0 Å². The van der Waals surface area contributed by atoms with E-state index in [1.807, 2.05) is 48.5 Å². The zero-order valence-electron chi connectivity index (χ0n) is 12.9. The normalized spacial score (nSPS) is 10.4. The molecule has 0 radical (unpaired) electrons. The fourth-order valence-corrected chi connectivity index (χ4v) is 2.97. The zero-order valence-corrected chi connectivity index (χ0v) is 13.7. The molecule has 0 fully saturated rings. The van der Waals surface area contributed by atoms with E-state index < -0.39 is 5.97 Å². The van der Waals surface area contributed by atoms with Crippen LogP contribution < -0.4 is 9.47 Å². The second-order valence-corrected chi connectivity index (χ2v) is 5.88. The minimum absolute atomic E-state index is 0.0620. The van der Waals surface area contributed by atoms with Crippen molar-refractivity contribution in [1.82, 2.24) is 4.98 Å². The molecule has 1 aromatic heterocycles. The number of rotatable bonds is 6. The standard InChI is InChI=1S/C18H15NO4S/c1-22-15-3-2-4-16(10-15)23-14-7-5-12(6-8-14)18-19-13(11-24-18)9-17(20)21/h2-8,10-11H,9H2,1H3,(H,20,21). The maximum Gasteiger partial charge on any atom is 0.309 e. The van der Waals surface area contributed by atoms with Gasteiger partial charge in [0, 0.05) is 17.0 Å². The molecule has 0 bridgehead atoms. The molecule has 0 spiro atoms. The number of aliphatic carboxylic acids is 1. The van der Waals surface area contributed by atoms with Gasteiger partial charge in [0.2, 0.25) is 0 Å². The van der Waals surface area contributed by atoms with Gasteiger partial charge in [0.05, 0.1) is 19.2 Å². The largest absolute Gasteiger partial charge is 0.497 e. The van der Waals surface area contributed by atoms with Crippen LogP contribution in [0.5, 0.6) is 17.2 Å². The lowest BCUT2D eigenvalue weighted by molar-refractivity contribution is -0.136. The van der Waals surface area contributed by atoms with Crippen molar-refractivity contribution in [3.8, 4) is 27.8 Å². The van der Waals surface area contributed by atoms with E-state index in [1.54, 1.807) is 12.5 Å². The van der Waals surface area contributed by atoms with E-state index in [-0.39, 0.29) is 6.42 Å². The molecule has 0 saturated heterocycles. The molecule has 1 heterocycles. The Morgan fingerprint density at radius 3 is 2.58 bits per heavy atom. The first kappa shape index (κ1) is 16.0. The molecule has 2 aromatic carbocycles. The number of carbonyl (C=O) groups is 1. The monoisotopic (exact) mass is 341 g/mol. The second kappa shape index (κ2) is 7.14. The number of hydrogen-bond donors (Lipinski definition) is 1. The molecule has 0 aliphatic rings. The molecular weight excluding hydrogens is 326 g/mol. The highest BCUT2D eigenvalue weighted by Gasteiger charge is 2.08. The van der Waals surface area contributed by atoms with E-state index in [9.17, 15) is 4.79 Å². The van der Waals surface area contributed by atoms with E-state index in [0.29, 0.717) is 17.2 Å². The Hall–Kier alpha value is -2.86. The first-order valence-electron chi connectivity index (χ1n) is 7.22. The Kier molecular flexibility index (Phi) is 4.77. The average molecular weight is 341 g/mol. The summed E-state index contributed by atoms with van der Waals surface area (Å²) in [5.74, 6) is 1.25. The van der Waals surface area contributed by atoms with Gasteiger partial charge in [-0.25, -0.2) is 4.98 Å². The number of nitrogens with zero attached hydrogens (tertiary/aromatic N) is 1. The smallest absolute Gasteiger partial charge is 0.309 e. The molecule has 0 amide bonds. The Balaban J connectivity index is 1.73.